The third kappa shape index (κ3) is 8.67. The first-order valence-electron chi connectivity index (χ1n) is 5.12. The van der Waals surface area contributed by atoms with Crippen LogP contribution in [0.4, 0.5) is 0 Å². The van der Waals surface area contributed by atoms with Gasteiger partial charge in [-0.3, -0.25) is 4.79 Å². The van der Waals surface area contributed by atoms with E-state index in [1.54, 1.807) is 20.8 Å². The first-order valence-corrected chi connectivity index (χ1v) is 6.94. The van der Waals surface area contributed by atoms with Crippen LogP contribution in [-0.4, -0.2) is 42.7 Å². The van der Waals surface area contributed by atoms with Gasteiger partial charge in [0.05, 0.1) is 11.9 Å². The van der Waals surface area contributed by atoms with E-state index in [2.05, 4.69) is 0 Å². The zero-order valence-electron chi connectivity index (χ0n) is 10.2. The molecule has 0 aliphatic rings. The molecule has 0 saturated heterocycles. The van der Waals surface area contributed by atoms with E-state index in [0.29, 0.717) is 0 Å². The Hall–Kier alpha value is -0.620. The van der Waals surface area contributed by atoms with Crippen LogP contribution in [0.5, 0.6) is 0 Å². The van der Waals surface area contributed by atoms with Crippen molar-refractivity contribution >= 4 is 15.8 Å². The summed E-state index contributed by atoms with van der Waals surface area (Å²) in [7, 11) is -3.48. The fourth-order valence-corrected chi connectivity index (χ4v) is 2.24. The van der Waals surface area contributed by atoms with Crippen molar-refractivity contribution in [3.63, 3.8) is 0 Å². The normalized spacial score (nSPS) is 14.6. The summed E-state index contributed by atoms with van der Waals surface area (Å²) in [5.41, 5.74) is -0.684. The highest BCUT2D eigenvalue weighted by Crippen LogP contribution is 2.08. The number of carbonyl (C=O) groups is 1. The highest BCUT2D eigenvalue weighted by molar-refractivity contribution is 7.92. The van der Waals surface area contributed by atoms with Crippen LogP contribution in [0.2, 0.25) is 0 Å². The van der Waals surface area contributed by atoms with E-state index in [1.165, 1.54) is 6.92 Å². The number of aliphatic hydroxyl groups is 1. The first kappa shape index (κ1) is 15.4. The fraction of sp³-hybridized carbons (Fsp3) is 0.900. The van der Waals surface area contributed by atoms with E-state index in [0.717, 1.165) is 0 Å². The van der Waals surface area contributed by atoms with Crippen LogP contribution in [0.25, 0.3) is 0 Å². The second kappa shape index (κ2) is 5.63. The van der Waals surface area contributed by atoms with E-state index in [9.17, 15) is 13.2 Å². The van der Waals surface area contributed by atoms with Crippen molar-refractivity contribution in [3.8, 4) is 0 Å². The smallest absolute Gasteiger partial charge is 0.321 e. The Morgan fingerprint density at radius 2 is 1.88 bits per heavy atom. The largest absolute Gasteiger partial charge is 0.459 e. The molecule has 16 heavy (non-hydrogen) atoms. The van der Waals surface area contributed by atoms with Crippen molar-refractivity contribution < 1.29 is 23.1 Å². The molecule has 0 aromatic carbocycles. The summed E-state index contributed by atoms with van der Waals surface area (Å²) < 4.78 is 27.7. The van der Waals surface area contributed by atoms with Crippen molar-refractivity contribution in [2.45, 2.75) is 45.8 Å². The maximum atomic E-state index is 11.4. The zero-order chi connectivity index (χ0) is 13.0. The molecule has 0 aromatic heterocycles. The van der Waals surface area contributed by atoms with Gasteiger partial charge < -0.3 is 9.84 Å². The van der Waals surface area contributed by atoms with Gasteiger partial charge in [-0.15, -0.1) is 0 Å². The number of aliphatic hydroxyl groups excluding tert-OH is 1. The molecule has 1 N–H and O–H groups in total. The second-order valence-corrected chi connectivity index (χ2v) is 7.00. The third-order valence-corrected chi connectivity index (χ3v) is 3.14. The predicted octanol–water partition coefficient (Wildman–Crippen LogP) is 0.514. The lowest BCUT2D eigenvalue weighted by Crippen LogP contribution is -2.29. The van der Waals surface area contributed by atoms with Crippen molar-refractivity contribution in [1.82, 2.24) is 0 Å². The molecule has 0 rings (SSSR count). The van der Waals surface area contributed by atoms with Crippen LogP contribution in [0.15, 0.2) is 0 Å². The van der Waals surface area contributed by atoms with Crippen LogP contribution in [0.3, 0.4) is 0 Å². The van der Waals surface area contributed by atoms with Gasteiger partial charge in [0.2, 0.25) is 0 Å². The summed E-state index contributed by atoms with van der Waals surface area (Å²) in [6.07, 6.45) is -0.557. The molecule has 0 bridgehead atoms. The number of esters is 1. The van der Waals surface area contributed by atoms with Gasteiger partial charge in [-0.1, -0.05) is 0 Å². The minimum atomic E-state index is -3.48. The number of ether oxygens (including phenoxy) is 1. The highest BCUT2D eigenvalue weighted by atomic mass is 32.2. The molecule has 0 radical (unpaired) electrons. The second-order valence-electron chi connectivity index (χ2n) is 4.82. The third-order valence-electron chi connectivity index (χ3n) is 1.60. The molecule has 1 unspecified atom stereocenters. The minimum Gasteiger partial charge on any atom is -0.459 e. The molecule has 5 nitrogen and oxygen atoms in total. The Morgan fingerprint density at radius 3 is 2.25 bits per heavy atom. The number of rotatable bonds is 5. The van der Waals surface area contributed by atoms with Crippen LogP contribution in [0.1, 0.15) is 34.1 Å². The minimum absolute atomic E-state index is 0.130. The van der Waals surface area contributed by atoms with Crippen molar-refractivity contribution in [2.24, 2.45) is 0 Å². The average molecular weight is 252 g/mol. The maximum Gasteiger partial charge on any atom is 0.321 e. The Kier molecular flexibility index (Phi) is 5.41. The van der Waals surface area contributed by atoms with E-state index in [4.69, 9.17) is 9.84 Å². The Balaban J connectivity index is 4.22. The summed E-state index contributed by atoms with van der Waals surface area (Å²) in [6, 6.07) is 0. The Morgan fingerprint density at radius 1 is 1.38 bits per heavy atom. The van der Waals surface area contributed by atoms with Gasteiger partial charge in [0, 0.05) is 0 Å². The highest BCUT2D eigenvalue weighted by Gasteiger charge is 2.22. The van der Waals surface area contributed by atoms with Gasteiger partial charge in [0.15, 0.2) is 9.84 Å². The molecule has 96 valence electrons. The summed E-state index contributed by atoms with van der Waals surface area (Å²) in [6.45, 7) is 6.52. The van der Waals surface area contributed by atoms with E-state index >= 15 is 0 Å². The average Bonchev–Trinajstić information content (AvgIpc) is 1.95. The molecule has 0 spiro atoms. The van der Waals surface area contributed by atoms with Gasteiger partial charge in [-0.2, -0.15) is 0 Å². The van der Waals surface area contributed by atoms with Crippen LogP contribution in [0, 0.1) is 0 Å². The molecule has 0 aliphatic carbocycles. The monoisotopic (exact) mass is 252 g/mol. The van der Waals surface area contributed by atoms with Crippen molar-refractivity contribution in [1.29, 1.82) is 0 Å². The molecular formula is C10H20O5S. The first-order chi connectivity index (χ1) is 7.02. The molecule has 0 amide bonds. The standard InChI is InChI=1S/C10H20O5S/c1-8(11)5-6-16(13,14)7-9(12)15-10(2,3)4/h8,11H,5-7H2,1-4H3. The van der Waals surface area contributed by atoms with Gasteiger partial charge in [0.25, 0.3) is 0 Å². The molecule has 1 atom stereocenters. The number of hydrogen-bond donors (Lipinski definition) is 1. The maximum absolute atomic E-state index is 11.4. The van der Waals surface area contributed by atoms with E-state index in [1.807, 2.05) is 0 Å². The summed E-state index contributed by atoms with van der Waals surface area (Å²) in [4.78, 5) is 11.3. The van der Waals surface area contributed by atoms with Gasteiger partial charge in [0.1, 0.15) is 11.4 Å². The zero-order valence-corrected chi connectivity index (χ0v) is 11.0. The number of carbonyl (C=O) groups excluding carboxylic acids is 1. The summed E-state index contributed by atoms with van der Waals surface area (Å²) >= 11 is 0. The van der Waals surface area contributed by atoms with Gasteiger partial charge in [-0.05, 0) is 34.1 Å². The van der Waals surface area contributed by atoms with E-state index in [-0.39, 0.29) is 12.2 Å². The fourth-order valence-electron chi connectivity index (χ4n) is 0.973. The van der Waals surface area contributed by atoms with Crippen LogP contribution in [-0.2, 0) is 19.4 Å². The Labute approximate surface area is 96.7 Å². The summed E-state index contributed by atoms with van der Waals surface area (Å²) in [5, 5.41) is 8.96. The molecule has 0 fully saturated rings. The molecule has 0 saturated carbocycles. The van der Waals surface area contributed by atoms with Gasteiger partial charge in [-0.25, -0.2) is 8.42 Å². The SMILES string of the molecule is CC(O)CCS(=O)(=O)CC(=O)OC(C)(C)C. The number of hydrogen-bond acceptors (Lipinski definition) is 5. The van der Waals surface area contributed by atoms with Crippen LogP contribution >= 0.6 is 0 Å². The lowest BCUT2D eigenvalue weighted by molar-refractivity contribution is -0.151. The quantitative estimate of drug-likeness (QED) is 0.721. The van der Waals surface area contributed by atoms with Crippen LogP contribution < -0.4 is 0 Å². The van der Waals surface area contributed by atoms with E-state index < -0.39 is 33.3 Å². The molecule has 6 heteroatoms. The molecule has 0 heterocycles. The topological polar surface area (TPSA) is 80.7 Å². The predicted molar refractivity (Wildman–Crippen MR) is 60.8 cm³/mol. The lowest BCUT2D eigenvalue weighted by Gasteiger charge is -2.19. The molecule has 0 aliphatic heterocycles. The van der Waals surface area contributed by atoms with Crippen molar-refractivity contribution in [3.05, 3.63) is 0 Å². The Bertz CT molecular complexity index is 324. The van der Waals surface area contributed by atoms with Gasteiger partial charge >= 0.3 is 5.97 Å². The number of sulfone groups is 1. The molecular weight excluding hydrogens is 232 g/mol. The lowest BCUT2D eigenvalue weighted by atomic mass is 10.2. The molecule has 0 aromatic rings. The summed E-state index contributed by atoms with van der Waals surface area (Å²) in [5.74, 6) is -1.58. The van der Waals surface area contributed by atoms with Crippen molar-refractivity contribution in [2.75, 3.05) is 11.5 Å².